The lowest BCUT2D eigenvalue weighted by Gasteiger charge is -2.25. The Hall–Kier alpha value is -6.91. The molecular formula is C94H146NO8+. The smallest absolute Gasteiger partial charge is 0.361 e. The van der Waals surface area contributed by atoms with Gasteiger partial charge < -0.3 is 28.5 Å². The first-order chi connectivity index (χ1) is 50.6. The molecule has 0 aliphatic heterocycles. The van der Waals surface area contributed by atoms with Gasteiger partial charge in [0.15, 0.2) is 6.10 Å². The maximum absolute atomic E-state index is 13.0. The standard InChI is InChI=1S/C94H145NO8/c1-6-8-10-12-14-16-18-20-22-24-26-28-30-32-34-36-38-40-42-44-45-46-47-49-51-53-55-57-59-61-63-65-67-69-71-73-75-77-79-81-83-85-92(97)103-90(89-102-94(93(98)99)100-87-86-95(3,4)5)88-101-91(96)84-82-80-78-76-74-72-70-68-66-64-62-60-58-56-54-52-50-48-43-41-39-37-35-33-31-29-27-25-23-21-19-17-15-13-11-9-7-2/h8-11,14-17,20-23,26-29,32-35,38-41,44-45,47-50,53-56,59-62,66,68,90,94H,6-7,12-13,18-19,24-25,30-31,36-37,42-43,46,51-52,57-58,63-65,67,69-89H2,1-5H3/p+1/b10-8-,11-9-,16-14-,17-15-,22-20-,23-21-,28-26-,29-27-,34-32-,35-33-,40-38-,41-39-,45-44-,49-47-,50-48-,55-53-,56-54-,61-59-,62-60-,68-66-. The predicted octanol–water partition coefficient (Wildman–Crippen LogP) is 26.4. The van der Waals surface area contributed by atoms with E-state index in [2.05, 4.69) is 257 Å². The molecule has 1 N–H and O–H groups in total. The van der Waals surface area contributed by atoms with E-state index in [1.54, 1.807) is 0 Å². The lowest BCUT2D eigenvalue weighted by atomic mass is 10.0. The molecule has 103 heavy (non-hydrogen) atoms. The van der Waals surface area contributed by atoms with Crippen LogP contribution in [0.25, 0.3) is 0 Å². The summed E-state index contributed by atoms with van der Waals surface area (Å²) in [5, 5.41) is 9.78. The molecule has 0 spiro atoms. The first kappa shape index (κ1) is 96.1. The number of carbonyl (C=O) groups is 3. The summed E-state index contributed by atoms with van der Waals surface area (Å²) in [5.41, 5.74) is 0. The number of nitrogens with zero attached hydrogens (tertiary/aromatic N) is 1. The Morgan fingerprint density at radius 3 is 0.777 bits per heavy atom. The van der Waals surface area contributed by atoms with Gasteiger partial charge in [-0.25, -0.2) is 4.79 Å². The minimum Gasteiger partial charge on any atom is -0.477 e. The lowest BCUT2D eigenvalue weighted by molar-refractivity contribution is -0.870. The summed E-state index contributed by atoms with van der Waals surface area (Å²) in [6.45, 7) is 4.60. The molecule has 0 aromatic rings. The van der Waals surface area contributed by atoms with Crippen molar-refractivity contribution in [1.29, 1.82) is 0 Å². The fourth-order valence-electron chi connectivity index (χ4n) is 10.1. The van der Waals surface area contributed by atoms with Gasteiger partial charge in [0.05, 0.1) is 34.4 Å². The van der Waals surface area contributed by atoms with Gasteiger partial charge in [0.25, 0.3) is 6.29 Å². The third-order valence-corrected chi connectivity index (χ3v) is 16.1. The Kier molecular flexibility index (Phi) is 75.4. The molecule has 2 atom stereocenters. The van der Waals surface area contributed by atoms with E-state index in [0.29, 0.717) is 23.9 Å². The van der Waals surface area contributed by atoms with Crippen molar-refractivity contribution in [2.75, 3.05) is 47.5 Å². The van der Waals surface area contributed by atoms with Crippen molar-refractivity contribution >= 4 is 17.9 Å². The van der Waals surface area contributed by atoms with E-state index in [1.165, 1.54) is 38.5 Å². The molecule has 0 rings (SSSR count). The maximum atomic E-state index is 13.0. The lowest BCUT2D eigenvalue weighted by Crippen LogP contribution is -2.40. The molecule has 9 heteroatoms. The highest BCUT2D eigenvalue weighted by molar-refractivity contribution is 5.71. The quantitative estimate of drug-likeness (QED) is 0.0211. The zero-order valence-corrected chi connectivity index (χ0v) is 65.6. The number of esters is 2. The van der Waals surface area contributed by atoms with Crippen LogP contribution in [0.3, 0.4) is 0 Å². The highest BCUT2D eigenvalue weighted by atomic mass is 16.7. The number of carboxylic acids is 1. The number of carbonyl (C=O) groups excluding carboxylic acids is 2. The minimum atomic E-state index is -1.53. The molecule has 2 unspecified atom stereocenters. The van der Waals surface area contributed by atoms with Crippen molar-refractivity contribution in [1.82, 2.24) is 0 Å². The molecule has 574 valence electrons. The van der Waals surface area contributed by atoms with Crippen LogP contribution in [-0.2, 0) is 33.3 Å². The Bertz CT molecular complexity index is 2610. The number of hydrogen-bond donors (Lipinski definition) is 1. The van der Waals surface area contributed by atoms with Gasteiger partial charge in [0, 0.05) is 12.8 Å². The van der Waals surface area contributed by atoms with Crippen LogP contribution in [0.4, 0.5) is 0 Å². The Balaban J connectivity index is 4.20. The highest BCUT2D eigenvalue weighted by Gasteiger charge is 2.25. The Morgan fingerprint density at radius 1 is 0.291 bits per heavy atom. The fourth-order valence-corrected chi connectivity index (χ4v) is 10.1. The summed E-state index contributed by atoms with van der Waals surface area (Å²) in [6.07, 6.45) is 127. The summed E-state index contributed by atoms with van der Waals surface area (Å²) >= 11 is 0. The van der Waals surface area contributed by atoms with Crippen LogP contribution in [0.15, 0.2) is 243 Å². The molecule has 0 saturated carbocycles. The van der Waals surface area contributed by atoms with Gasteiger partial charge in [-0.15, -0.1) is 0 Å². The summed E-state index contributed by atoms with van der Waals surface area (Å²) < 4.78 is 23.0. The maximum Gasteiger partial charge on any atom is 0.361 e. The van der Waals surface area contributed by atoms with E-state index in [0.717, 1.165) is 193 Å². The molecule has 0 amide bonds. The number of carboxylic acid groups (broad SMARTS) is 1. The van der Waals surface area contributed by atoms with E-state index in [1.807, 2.05) is 21.1 Å². The molecule has 0 aromatic heterocycles. The number of unbranched alkanes of at least 4 members (excludes halogenated alkanes) is 16. The van der Waals surface area contributed by atoms with Crippen molar-refractivity contribution in [2.45, 2.75) is 283 Å². The number of rotatable bonds is 71. The van der Waals surface area contributed by atoms with Gasteiger partial charge in [-0.2, -0.15) is 0 Å². The van der Waals surface area contributed by atoms with E-state index < -0.39 is 24.3 Å². The van der Waals surface area contributed by atoms with Crippen molar-refractivity contribution in [3.63, 3.8) is 0 Å². The SMILES string of the molecule is CC/C=C\C/C=C\C/C=C\C/C=C\C/C=C\C/C=C\C/C=C\C/C=C\C/C=C\C/C=C\CCCCCCCCCCCCC(=O)OC(COC(=O)CCCCCCCC/C=C\C/C=C\C/C=C\C/C=C\C/C=C\C/C=C\C/C=C\C/C=C\C/C=C\C/C=C\CC)COC(OCC[N+](C)(C)C)C(=O)O. The minimum absolute atomic E-state index is 0.171. The van der Waals surface area contributed by atoms with Crippen LogP contribution in [0.1, 0.15) is 271 Å². The average molecular weight is 1420 g/mol. The van der Waals surface area contributed by atoms with Gasteiger partial charge in [-0.3, -0.25) is 9.59 Å². The predicted molar refractivity (Wildman–Crippen MR) is 446 cm³/mol. The van der Waals surface area contributed by atoms with Crippen molar-refractivity contribution < 1.29 is 42.9 Å². The summed E-state index contributed by atoms with van der Waals surface area (Å²) in [5.74, 6) is -2.05. The molecule has 0 aliphatic rings. The summed E-state index contributed by atoms with van der Waals surface area (Å²) in [6, 6.07) is 0. The third kappa shape index (κ3) is 82.3. The first-order valence-electron chi connectivity index (χ1n) is 40.2. The van der Waals surface area contributed by atoms with Crippen LogP contribution in [0.5, 0.6) is 0 Å². The number of likely N-dealkylation sites (N-methyl/N-ethyl adjacent to an activating group) is 1. The highest BCUT2D eigenvalue weighted by Crippen LogP contribution is 2.15. The second-order valence-corrected chi connectivity index (χ2v) is 26.9. The van der Waals surface area contributed by atoms with E-state index >= 15 is 0 Å². The molecule has 0 radical (unpaired) electrons. The topological polar surface area (TPSA) is 108 Å². The monoisotopic (exact) mass is 1420 g/mol. The summed E-state index contributed by atoms with van der Waals surface area (Å²) in [4.78, 5) is 37.8. The van der Waals surface area contributed by atoms with Crippen LogP contribution in [-0.4, -0.2) is 87.4 Å². The Labute approximate surface area is 631 Å². The zero-order chi connectivity index (χ0) is 74.6. The van der Waals surface area contributed by atoms with Crippen molar-refractivity contribution in [3.8, 4) is 0 Å². The van der Waals surface area contributed by atoms with Gasteiger partial charge >= 0.3 is 17.9 Å². The molecule has 0 aromatic carbocycles. The molecule has 9 nitrogen and oxygen atoms in total. The molecule has 0 fully saturated rings. The summed E-state index contributed by atoms with van der Waals surface area (Å²) in [7, 11) is 5.96. The van der Waals surface area contributed by atoms with Crippen LogP contribution in [0.2, 0.25) is 0 Å². The number of allylic oxidation sites excluding steroid dienone is 40. The molecule has 0 saturated heterocycles. The van der Waals surface area contributed by atoms with Crippen molar-refractivity contribution in [2.24, 2.45) is 0 Å². The van der Waals surface area contributed by atoms with Crippen LogP contribution < -0.4 is 0 Å². The van der Waals surface area contributed by atoms with E-state index in [-0.39, 0.29) is 38.6 Å². The van der Waals surface area contributed by atoms with Crippen molar-refractivity contribution in [3.05, 3.63) is 243 Å². The van der Waals surface area contributed by atoms with E-state index in [4.69, 9.17) is 18.9 Å². The van der Waals surface area contributed by atoms with Gasteiger partial charge in [0.2, 0.25) is 0 Å². The molecule has 0 bridgehead atoms. The van der Waals surface area contributed by atoms with Gasteiger partial charge in [-0.05, 0) is 167 Å². The third-order valence-electron chi connectivity index (χ3n) is 16.1. The largest absolute Gasteiger partial charge is 0.477 e. The fraction of sp³-hybridized carbons (Fsp3) is 0.543. The zero-order valence-electron chi connectivity index (χ0n) is 65.6. The number of quaternary nitrogens is 1. The number of aliphatic carboxylic acids is 1. The second kappa shape index (κ2) is 80.8. The van der Waals surface area contributed by atoms with E-state index in [9.17, 15) is 19.5 Å². The van der Waals surface area contributed by atoms with Gasteiger partial charge in [-0.1, -0.05) is 334 Å². The van der Waals surface area contributed by atoms with Crippen LogP contribution >= 0.6 is 0 Å². The Morgan fingerprint density at radius 2 is 0.524 bits per heavy atom. The van der Waals surface area contributed by atoms with Gasteiger partial charge in [0.1, 0.15) is 13.2 Å². The molecule has 0 heterocycles. The average Bonchev–Trinajstić information content (AvgIpc) is 1.01. The number of ether oxygens (including phenoxy) is 4. The van der Waals surface area contributed by atoms with Crippen LogP contribution in [0, 0.1) is 0 Å². The molecule has 0 aliphatic carbocycles. The normalized spacial score (nSPS) is 14.0. The second-order valence-electron chi connectivity index (χ2n) is 26.9. The first-order valence-corrected chi connectivity index (χ1v) is 40.2. The molecular weight excluding hydrogens is 1270 g/mol. The number of hydrogen-bond acceptors (Lipinski definition) is 7.